The minimum atomic E-state index is -0.298. The zero-order valence-electron chi connectivity index (χ0n) is 16.8. The highest BCUT2D eigenvalue weighted by Crippen LogP contribution is 2.38. The van der Waals surface area contributed by atoms with Gasteiger partial charge in [0.15, 0.2) is 0 Å². The van der Waals surface area contributed by atoms with E-state index in [0.29, 0.717) is 28.6 Å². The molecule has 0 aliphatic heterocycles. The van der Waals surface area contributed by atoms with Gasteiger partial charge in [-0.25, -0.2) is 0 Å². The Hall–Kier alpha value is -3.35. The minimum absolute atomic E-state index is 0.0175. The van der Waals surface area contributed by atoms with Crippen molar-refractivity contribution in [1.82, 2.24) is 4.90 Å². The van der Waals surface area contributed by atoms with Crippen LogP contribution in [0.4, 0.5) is 11.4 Å². The van der Waals surface area contributed by atoms with Gasteiger partial charge in [0.2, 0.25) is 11.8 Å². The lowest BCUT2D eigenvalue weighted by Crippen LogP contribution is -2.34. The summed E-state index contributed by atoms with van der Waals surface area (Å²) in [5.41, 5.74) is 1.73. The molecule has 0 radical (unpaired) electrons. The van der Waals surface area contributed by atoms with Crippen molar-refractivity contribution in [2.45, 2.75) is 13.3 Å². The van der Waals surface area contributed by atoms with Crippen LogP contribution in [0.3, 0.4) is 0 Å². The number of ether oxygens (including phenoxy) is 1. The monoisotopic (exact) mass is 395 g/mol. The van der Waals surface area contributed by atoms with E-state index >= 15 is 0 Å². The standard InChI is InChI=1S/C22H25N3O4/c1-14-12-19(14)21(27)24-17-6-4-15(5-7-17)22(28)25(2)13-20(26)23-16-8-10-18(29-3)11-9-16/h4-11,14,19H,12-13H2,1-3H3,(H,23,26)(H,24,27). The van der Waals surface area contributed by atoms with Crippen LogP contribution in [0.25, 0.3) is 0 Å². The first kappa shape index (κ1) is 20.4. The number of likely N-dealkylation sites (N-methyl/N-ethyl adjacent to an activating group) is 1. The molecule has 0 saturated heterocycles. The van der Waals surface area contributed by atoms with Gasteiger partial charge in [0.25, 0.3) is 5.91 Å². The zero-order valence-corrected chi connectivity index (χ0v) is 16.8. The van der Waals surface area contributed by atoms with Crippen LogP contribution in [0.15, 0.2) is 48.5 Å². The van der Waals surface area contributed by atoms with Crippen molar-refractivity contribution in [3.8, 4) is 5.75 Å². The number of methoxy groups -OCH3 is 1. The predicted molar refractivity (Wildman–Crippen MR) is 111 cm³/mol. The van der Waals surface area contributed by atoms with Gasteiger partial charge in [0.05, 0.1) is 13.7 Å². The molecule has 7 nitrogen and oxygen atoms in total. The molecule has 3 rings (SSSR count). The van der Waals surface area contributed by atoms with Crippen LogP contribution in [0, 0.1) is 11.8 Å². The number of nitrogens with zero attached hydrogens (tertiary/aromatic N) is 1. The van der Waals surface area contributed by atoms with E-state index in [1.807, 2.05) is 6.92 Å². The summed E-state index contributed by atoms with van der Waals surface area (Å²) in [4.78, 5) is 38.1. The molecule has 29 heavy (non-hydrogen) atoms. The Morgan fingerprint density at radius 3 is 2.10 bits per heavy atom. The summed E-state index contributed by atoms with van der Waals surface area (Å²) in [6, 6.07) is 13.6. The van der Waals surface area contributed by atoms with Crippen molar-refractivity contribution < 1.29 is 19.1 Å². The van der Waals surface area contributed by atoms with Gasteiger partial charge in [0, 0.05) is 29.9 Å². The molecule has 3 amide bonds. The molecule has 0 heterocycles. The molecule has 2 aromatic carbocycles. The molecule has 2 N–H and O–H groups in total. The number of anilines is 2. The van der Waals surface area contributed by atoms with Crippen LogP contribution in [0.2, 0.25) is 0 Å². The molecule has 1 saturated carbocycles. The lowest BCUT2D eigenvalue weighted by Gasteiger charge is -2.17. The smallest absolute Gasteiger partial charge is 0.254 e. The second-order valence-corrected chi connectivity index (χ2v) is 7.32. The second kappa shape index (κ2) is 8.77. The lowest BCUT2D eigenvalue weighted by atomic mass is 10.1. The Morgan fingerprint density at radius 2 is 1.55 bits per heavy atom. The van der Waals surface area contributed by atoms with Gasteiger partial charge in [-0.1, -0.05) is 6.92 Å². The van der Waals surface area contributed by atoms with Crippen molar-refractivity contribution in [2.75, 3.05) is 31.3 Å². The third-order valence-corrected chi connectivity index (χ3v) is 4.95. The van der Waals surface area contributed by atoms with Crippen molar-refractivity contribution in [3.05, 3.63) is 54.1 Å². The van der Waals surface area contributed by atoms with Crippen LogP contribution in [0.5, 0.6) is 5.75 Å². The molecule has 0 spiro atoms. The summed E-state index contributed by atoms with van der Waals surface area (Å²) < 4.78 is 5.08. The number of carbonyl (C=O) groups excluding carboxylic acids is 3. The molecular formula is C22H25N3O4. The maximum atomic E-state index is 12.6. The fourth-order valence-corrected chi connectivity index (χ4v) is 3.00. The number of carbonyl (C=O) groups is 3. The highest BCUT2D eigenvalue weighted by molar-refractivity contribution is 6.00. The molecule has 2 unspecified atom stereocenters. The molecule has 1 aliphatic rings. The second-order valence-electron chi connectivity index (χ2n) is 7.32. The SMILES string of the molecule is COc1ccc(NC(=O)CN(C)C(=O)c2ccc(NC(=O)C3CC3C)cc2)cc1. The van der Waals surface area contributed by atoms with Crippen molar-refractivity contribution >= 4 is 29.1 Å². The van der Waals surface area contributed by atoms with Crippen molar-refractivity contribution in [1.29, 1.82) is 0 Å². The molecular weight excluding hydrogens is 370 g/mol. The molecule has 0 bridgehead atoms. The van der Waals surface area contributed by atoms with E-state index in [9.17, 15) is 14.4 Å². The Kier molecular flexibility index (Phi) is 6.16. The Bertz CT molecular complexity index is 893. The van der Waals surface area contributed by atoms with Crippen molar-refractivity contribution in [2.24, 2.45) is 11.8 Å². The van der Waals surface area contributed by atoms with E-state index in [4.69, 9.17) is 4.74 Å². The van der Waals surface area contributed by atoms with Crippen LogP contribution in [0.1, 0.15) is 23.7 Å². The predicted octanol–water partition coefficient (Wildman–Crippen LogP) is 3.00. The zero-order chi connectivity index (χ0) is 21.0. The van der Waals surface area contributed by atoms with Crippen molar-refractivity contribution in [3.63, 3.8) is 0 Å². The van der Waals surface area contributed by atoms with Crippen LogP contribution in [-0.2, 0) is 9.59 Å². The first-order valence-electron chi connectivity index (χ1n) is 9.47. The van der Waals surface area contributed by atoms with Gasteiger partial charge >= 0.3 is 0 Å². The first-order valence-corrected chi connectivity index (χ1v) is 9.47. The summed E-state index contributed by atoms with van der Waals surface area (Å²) in [5.74, 6) is 0.669. The molecule has 1 fully saturated rings. The summed E-state index contributed by atoms with van der Waals surface area (Å²) in [6.07, 6.45) is 0.922. The fourth-order valence-electron chi connectivity index (χ4n) is 3.00. The number of hydrogen-bond donors (Lipinski definition) is 2. The summed E-state index contributed by atoms with van der Waals surface area (Å²) in [5, 5.41) is 5.61. The average molecular weight is 395 g/mol. The molecule has 1 aliphatic carbocycles. The molecule has 152 valence electrons. The van der Waals surface area contributed by atoms with Crippen LogP contribution >= 0.6 is 0 Å². The molecule has 7 heteroatoms. The number of nitrogens with one attached hydrogen (secondary N) is 2. The lowest BCUT2D eigenvalue weighted by molar-refractivity contribution is -0.118. The van der Waals surface area contributed by atoms with E-state index in [1.165, 1.54) is 4.90 Å². The largest absolute Gasteiger partial charge is 0.497 e. The third-order valence-electron chi connectivity index (χ3n) is 4.95. The van der Waals surface area contributed by atoms with Gasteiger partial charge in [-0.15, -0.1) is 0 Å². The van der Waals surface area contributed by atoms with Gasteiger partial charge < -0.3 is 20.3 Å². The van der Waals surface area contributed by atoms with E-state index in [1.54, 1.807) is 62.7 Å². The average Bonchev–Trinajstić information content (AvgIpc) is 3.45. The minimum Gasteiger partial charge on any atom is -0.497 e. The van der Waals surface area contributed by atoms with E-state index in [-0.39, 0.29) is 30.2 Å². The van der Waals surface area contributed by atoms with E-state index < -0.39 is 0 Å². The number of amides is 3. The highest BCUT2D eigenvalue weighted by Gasteiger charge is 2.39. The third kappa shape index (κ3) is 5.34. The quantitative estimate of drug-likeness (QED) is 0.754. The molecule has 0 aromatic heterocycles. The topological polar surface area (TPSA) is 87.7 Å². The maximum Gasteiger partial charge on any atom is 0.254 e. The fraction of sp³-hybridized carbons (Fsp3) is 0.318. The summed E-state index contributed by atoms with van der Waals surface area (Å²) >= 11 is 0. The Morgan fingerprint density at radius 1 is 1.00 bits per heavy atom. The molecule has 2 atom stereocenters. The van der Waals surface area contributed by atoms with E-state index in [2.05, 4.69) is 10.6 Å². The Labute approximate surface area is 170 Å². The normalized spacial score (nSPS) is 17.2. The van der Waals surface area contributed by atoms with Gasteiger partial charge in [0.1, 0.15) is 5.75 Å². The number of rotatable bonds is 7. The Balaban J connectivity index is 1.52. The number of benzene rings is 2. The summed E-state index contributed by atoms with van der Waals surface area (Å²) in [7, 11) is 3.14. The van der Waals surface area contributed by atoms with Gasteiger partial charge in [-0.05, 0) is 60.9 Å². The molecule has 2 aromatic rings. The van der Waals surface area contributed by atoms with Gasteiger partial charge in [-0.2, -0.15) is 0 Å². The first-order chi connectivity index (χ1) is 13.9. The number of hydrogen-bond acceptors (Lipinski definition) is 4. The van der Waals surface area contributed by atoms with Gasteiger partial charge in [-0.3, -0.25) is 14.4 Å². The highest BCUT2D eigenvalue weighted by atomic mass is 16.5. The van der Waals surface area contributed by atoms with Crippen LogP contribution < -0.4 is 15.4 Å². The van der Waals surface area contributed by atoms with Crippen LogP contribution in [-0.4, -0.2) is 43.3 Å². The maximum absolute atomic E-state index is 12.6. The summed E-state index contributed by atoms with van der Waals surface area (Å²) in [6.45, 7) is 1.97. The van der Waals surface area contributed by atoms with E-state index in [0.717, 1.165) is 6.42 Å².